The second kappa shape index (κ2) is 10.6. The largest absolute Gasteiger partial charge is 0.489 e. The van der Waals surface area contributed by atoms with Crippen molar-refractivity contribution in [2.45, 2.75) is 31.0 Å². The van der Waals surface area contributed by atoms with E-state index < -0.39 is 11.6 Å². The van der Waals surface area contributed by atoms with Crippen LogP contribution in [0.2, 0.25) is 15.1 Å². The number of ether oxygens (including phenoxy) is 2. The van der Waals surface area contributed by atoms with Crippen molar-refractivity contribution in [1.82, 2.24) is 5.16 Å². The fourth-order valence-corrected chi connectivity index (χ4v) is 5.90. The zero-order valence-electron chi connectivity index (χ0n) is 21.4. The van der Waals surface area contributed by atoms with E-state index in [0.29, 0.717) is 68.0 Å². The van der Waals surface area contributed by atoms with Gasteiger partial charge in [-0.15, -0.1) is 0 Å². The molecule has 1 saturated carbocycles. The molecule has 1 aliphatic heterocycles. The Kier molecular flexibility index (Phi) is 7.12. The Morgan fingerprint density at radius 1 is 1.12 bits per heavy atom. The molecule has 206 valence electrons. The Labute approximate surface area is 245 Å². The number of nitrogens with one attached hydrogen (secondary N) is 1. The number of rotatable bonds is 8. The highest BCUT2D eigenvalue weighted by atomic mass is 35.5. The molecule has 11 heteroatoms. The monoisotopic (exact) mass is 600 g/mol. The number of anilines is 1. The van der Waals surface area contributed by atoms with E-state index in [1.165, 1.54) is 7.11 Å². The Hall–Kier alpha value is -3.30. The van der Waals surface area contributed by atoms with Gasteiger partial charge in [0, 0.05) is 23.1 Å². The minimum absolute atomic E-state index is 0.187. The van der Waals surface area contributed by atoms with E-state index in [1.807, 2.05) is 4.90 Å². The molecule has 0 radical (unpaired) electrons. The highest BCUT2D eigenvalue weighted by molar-refractivity contribution is 6.39. The molecule has 1 saturated heterocycles. The summed E-state index contributed by atoms with van der Waals surface area (Å²) >= 11 is 19.6. The molecule has 6 rings (SSSR count). The summed E-state index contributed by atoms with van der Waals surface area (Å²) in [7, 11) is 1.34. The number of β-amino-alcohol motifs (C(OH)–C–C–N with tert-alkyl or cyclic N) is 1. The van der Waals surface area contributed by atoms with E-state index >= 15 is 0 Å². The number of benzene rings is 2. The molecule has 2 aliphatic rings. The Morgan fingerprint density at radius 3 is 2.55 bits per heavy atom. The number of carbonyl (C=O) groups is 1. The van der Waals surface area contributed by atoms with Gasteiger partial charge >= 0.3 is 5.97 Å². The second-order valence-electron chi connectivity index (χ2n) is 10.0. The van der Waals surface area contributed by atoms with Crippen LogP contribution in [0.25, 0.3) is 11.3 Å². The zero-order chi connectivity index (χ0) is 28.0. The third-order valence-electron chi connectivity index (χ3n) is 7.24. The van der Waals surface area contributed by atoms with Gasteiger partial charge in [0.05, 0.1) is 39.5 Å². The van der Waals surface area contributed by atoms with E-state index in [0.717, 1.165) is 24.2 Å². The lowest BCUT2D eigenvalue weighted by molar-refractivity contribution is -0.366. The predicted molar refractivity (Wildman–Crippen MR) is 150 cm³/mol. The van der Waals surface area contributed by atoms with Crippen molar-refractivity contribution in [3.05, 3.63) is 92.2 Å². The number of hydrogen-bond acceptors (Lipinski definition) is 7. The van der Waals surface area contributed by atoms with Crippen LogP contribution in [-0.4, -0.2) is 36.4 Å². The molecule has 1 aliphatic carbocycles. The maximum absolute atomic E-state index is 11.9. The molecular formula is C29H25Cl3N3O5+. The van der Waals surface area contributed by atoms with Gasteiger partial charge in [-0.2, -0.15) is 0 Å². The number of esters is 1. The minimum atomic E-state index is -1.16. The van der Waals surface area contributed by atoms with Gasteiger partial charge in [-0.1, -0.05) is 52.1 Å². The number of halogens is 3. The third kappa shape index (κ3) is 5.01. The van der Waals surface area contributed by atoms with Crippen LogP contribution in [0.4, 0.5) is 5.82 Å². The molecule has 0 spiro atoms. The van der Waals surface area contributed by atoms with Crippen molar-refractivity contribution < 1.29 is 28.9 Å². The first-order chi connectivity index (χ1) is 19.3. The van der Waals surface area contributed by atoms with Gasteiger partial charge in [0.15, 0.2) is 5.60 Å². The number of carbonyl (C=O) groups excluding carboxylic acids is 1. The van der Waals surface area contributed by atoms with Gasteiger partial charge in [-0.05, 0) is 43.2 Å². The molecule has 0 atom stereocenters. The van der Waals surface area contributed by atoms with E-state index in [-0.39, 0.29) is 6.61 Å². The molecule has 2 aromatic heterocycles. The average molecular weight is 602 g/mol. The summed E-state index contributed by atoms with van der Waals surface area (Å²) < 4.78 is 16.6. The number of aromatic amines is 1. The Morgan fingerprint density at radius 2 is 1.88 bits per heavy atom. The number of methoxy groups -OCH3 is 1. The molecule has 3 heterocycles. The van der Waals surface area contributed by atoms with Crippen LogP contribution in [0.5, 0.6) is 5.75 Å². The van der Waals surface area contributed by atoms with Crippen LogP contribution >= 0.6 is 34.8 Å². The molecule has 0 bridgehead atoms. The summed E-state index contributed by atoms with van der Waals surface area (Å²) in [5.74, 6) is 1.88. The maximum Gasteiger partial charge on any atom is 0.338 e. The number of nitrogens with zero attached hydrogens (tertiary/aromatic N) is 2. The number of aromatic nitrogens is 2. The number of pyridine rings is 1. The number of aliphatic hydroxyl groups is 1. The summed E-state index contributed by atoms with van der Waals surface area (Å²) in [4.78, 5) is 16.9. The summed E-state index contributed by atoms with van der Waals surface area (Å²) in [5, 5.41) is 16.9. The van der Waals surface area contributed by atoms with Crippen LogP contribution in [0, 0.1) is 0 Å². The highest BCUT2D eigenvalue weighted by Crippen LogP contribution is 2.46. The first-order valence-electron chi connectivity index (χ1n) is 12.7. The van der Waals surface area contributed by atoms with Crippen molar-refractivity contribution >= 4 is 46.6 Å². The van der Waals surface area contributed by atoms with E-state index in [4.69, 9.17) is 48.8 Å². The fraction of sp³-hybridized carbons (Fsp3) is 0.276. The lowest BCUT2D eigenvalue weighted by Crippen LogP contribution is -2.61. The quantitative estimate of drug-likeness (QED) is 0.245. The standard InChI is InChI=1S/C29H24Cl3N3O5/c1-38-28(36)17-9-10-33-24(11-17)35-14-29(37,15-35)20-8-7-18(12-23(20)32)39-13-19-26(34-40-27(19)16-5-6-16)25-21(30)3-2-4-22(25)31/h2-4,7-12,16,37H,5-6,13-15H2,1H3/p+1. The van der Waals surface area contributed by atoms with Gasteiger partial charge in [0.2, 0.25) is 0 Å². The van der Waals surface area contributed by atoms with E-state index in [9.17, 15) is 9.90 Å². The summed E-state index contributed by atoms with van der Waals surface area (Å²) in [6, 6.07) is 13.9. The first kappa shape index (κ1) is 26.9. The maximum atomic E-state index is 11.9. The topological polar surface area (TPSA) is 99.2 Å². The summed E-state index contributed by atoms with van der Waals surface area (Å²) in [6.07, 6.45) is 3.71. The van der Waals surface area contributed by atoms with Crippen LogP contribution < -0.4 is 14.6 Å². The van der Waals surface area contributed by atoms with Gasteiger partial charge in [0.25, 0.3) is 5.82 Å². The fourth-order valence-electron chi connectivity index (χ4n) is 4.97. The number of hydrogen-bond donors (Lipinski definition) is 1. The smallest absolute Gasteiger partial charge is 0.338 e. The minimum Gasteiger partial charge on any atom is -0.489 e. The summed E-state index contributed by atoms with van der Waals surface area (Å²) in [5.41, 5.74) is 1.83. The van der Waals surface area contributed by atoms with E-state index in [1.54, 1.807) is 54.7 Å². The molecule has 2 fully saturated rings. The van der Waals surface area contributed by atoms with E-state index in [2.05, 4.69) is 10.1 Å². The third-order valence-corrected chi connectivity index (χ3v) is 8.19. The van der Waals surface area contributed by atoms with Crippen molar-refractivity contribution in [3.8, 4) is 17.0 Å². The van der Waals surface area contributed by atoms with Gasteiger partial charge < -0.3 is 19.1 Å². The van der Waals surface area contributed by atoms with Crippen molar-refractivity contribution in [2.75, 3.05) is 25.1 Å². The molecule has 40 heavy (non-hydrogen) atoms. The normalized spacial score (nSPS) is 16.0. The lowest BCUT2D eigenvalue weighted by atomic mass is 9.86. The van der Waals surface area contributed by atoms with Crippen LogP contribution in [0.3, 0.4) is 0 Å². The molecule has 8 nitrogen and oxygen atoms in total. The predicted octanol–water partition coefficient (Wildman–Crippen LogP) is 6.07. The molecule has 2 N–H and O–H groups in total. The van der Waals surface area contributed by atoms with Crippen LogP contribution in [-0.2, 0) is 16.9 Å². The first-order valence-corrected chi connectivity index (χ1v) is 13.8. The second-order valence-corrected chi connectivity index (χ2v) is 11.2. The molecule has 0 unspecified atom stereocenters. The highest BCUT2D eigenvalue weighted by Gasteiger charge is 2.50. The van der Waals surface area contributed by atoms with Crippen molar-refractivity contribution in [1.29, 1.82) is 0 Å². The van der Waals surface area contributed by atoms with Gasteiger partial charge in [-0.25, -0.2) is 9.78 Å². The number of H-pyrrole nitrogens is 1. The van der Waals surface area contributed by atoms with Gasteiger partial charge in [0.1, 0.15) is 36.9 Å². The molecule has 2 aromatic carbocycles. The Balaban J connectivity index is 1.18. The van der Waals surface area contributed by atoms with Gasteiger partial charge in [-0.3, -0.25) is 4.90 Å². The van der Waals surface area contributed by atoms with Crippen molar-refractivity contribution in [2.24, 2.45) is 0 Å². The SMILES string of the molecule is COC(=O)c1cc[nH+]c(N2CC(O)(c3ccc(OCc4c(-c5c(Cl)cccc5Cl)noc4C4CC4)cc3Cl)C2)c1. The molecule has 4 aromatic rings. The van der Waals surface area contributed by atoms with Crippen LogP contribution in [0.1, 0.15) is 46.0 Å². The average Bonchev–Trinajstić information content (AvgIpc) is 3.69. The Bertz CT molecular complexity index is 1580. The lowest BCUT2D eigenvalue weighted by Gasteiger charge is -2.42. The molecule has 0 amide bonds. The summed E-state index contributed by atoms with van der Waals surface area (Å²) in [6.45, 7) is 0.773. The van der Waals surface area contributed by atoms with Crippen molar-refractivity contribution in [3.63, 3.8) is 0 Å². The zero-order valence-corrected chi connectivity index (χ0v) is 23.7. The van der Waals surface area contributed by atoms with Crippen LogP contribution in [0.15, 0.2) is 59.3 Å². The molecular weight excluding hydrogens is 577 g/mol.